The Hall–Kier alpha value is -0.750. The van der Waals surface area contributed by atoms with E-state index in [9.17, 15) is 0 Å². The van der Waals surface area contributed by atoms with E-state index in [2.05, 4.69) is 37.3 Å². The maximum Gasteiger partial charge on any atom is 0.0376 e. The molecule has 0 saturated heterocycles. The van der Waals surface area contributed by atoms with Crippen LogP contribution in [-0.2, 0) is 6.42 Å². The molecule has 1 aromatic carbocycles. The molecule has 1 aliphatic carbocycles. The predicted octanol–water partition coefficient (Wildman–Crippen LogP) is 5.51. The highest BCUT2D eigenvalue weighted by atomic mass is 35.5. The van der Waals surface area contributed by atoms with Crippen LogP contribution in [0.5, 0.6) is 0 Å². The van der Waals surface area contributed by atoms with Gasteiger partial charge in [-0.15, -0.1) is 11.6 Å². The van der Waals surface area contributed by atoms with Gasteiger partial charge in [0.25, 0.3) is 0 Å². The number of allylic oxidation sites excluding steroid dienone is 2. The van der Waals surface area contributed by atoms with E-state index in [1.807, 2.05) is 0 Å². The third kappa shape index (κ3) is 4.17. The SMILES string of the molecule is CC1=C(CC(Cl)CCc2ccccc2)CCCC1. The second-order valence-electron chi connectivity index (χ2n) is 5.42. The number of benzene rings is 1. The average molecular weight is 263 g/mol. The Morgan fingerprint density at radius 3 is 2.56 bits per heavy atom. The molecule has 0 radical (unpaired) electrons. The van der Waals surface area contributed by atoms with Crippen molar-refractivity contribution in [2.24, 2.45) is 0 Å². The molecular weight excluding hydrogens is 240 g/mol. The van der Waals surface area contributed by atoms with Crippen molar-refractivity contribution in [1.29, 1.82) is 0 Å². The van der Waals surface area contributed by atoms with Crippen molar-refractivity contribution in [2.75, 3.05) is 0 Å². The van der Waals surface area contributed by atoms with Crippen LogP contribution >= 0.6 is 11.6 Å². The van der Waals surface area contributed by atoms with Crippen molar-refractivity contribution in [3.63, 3.8) is 0 Å². The van der Waals surface area contributed by atoms with Crippen molar-refractivity contribution in [1.82, 2.24) is 0 Å². The van der Waals surface area contributed by atoms with Crippen LogP contribution in [0.2, 0.25) is 0 Å². The molecular formula is C17H23Cl. The highest BCUT2D eigenvalue weighted by molar-refractivity contribution is 6.20. The van der Waals surface area contributed by atoms with Gasteiger partial charge in [0.05, 0.1) is 0 Å². The van der Waals surface area contributed by atoms with Gasteiger partial charge in [0.1, 0.15) is 0 Å². The standard InChI is InChI=1S/C17H23Cl/c1-14-7-5-6-10-16(14)13-17(18)12-11-15-8-3-2-4-9-15/h2-4,8-9,17H,5-7,10-13H2,1H3. The van der Waals surface area contributed by atoms with Gasteiger partial charge in [-0.2, -0.15) is 0 Å². The topological polar surface area (TPSA) is 0 Å². The van der Waals surface area contributed by atoms with E-state index in [0.717, 1.165) is 19.3 Å². The summed E-state index contributed by atoms with van der Waals surface area (Å²) in [4.78, 5) is 0. The first-order chi connectivity index (χ1) is 8.75. The van der Waals surface area contributed by atoms with Gasteiger partial charge in [-0.25, -0.2) is 0 Å². The molecule has 0 heterocycles. The molecule has 1 unspecified atom stereocenters. The average Bonchev–Trinajstić information content (AvgIpc) is 2.40. The Labute approximate surface area is 116 Å². The summed E-state index contributed by atoms with van der Waals surface area (Å²) in [5.41, 5.74) is 4.64. The van der Waals surface area contributed by atoms with E-state index < -0.39 is 0 Å². The summed E-state index contributed by atoms with van der Waals surface area (Å²) in [5, 5.41) is 0.299. The van der Waals surface area contributed by atoms with Crippen molar-refractivity contribution in [3.05, 3.63) is 47.0 Å². The fourth-order valence-electron chi connectivity index (χ4n) is 2.73. The molecule has 0 fully saturated rings. The third-order valence-electron chi connectivity index (χ3n) is 3.94. The zero-order valence-electron chi connectivity index (χ0n) is 11.3. The van der Waals surface area contributed by atoms with Gasteiger partial charge in [0.2, 0.25) is 0 Å². The Balaban J connectivity index is 1.80. The highest BCUT2D eigenvalue weighted by Gasteiger charge is 2.13. The van der Waals surface area contributed by atoms with Crippen molar-refractivity contribution in [2.45, 2.75) is 57.2 Å². The molecule has 1 heteroatoms. The molecule has 1 atom stereocenters. The number of halogens is 1. The van der Waals surface area contributed by atoms with Crippen molar-refractivity contribution >= 4 is 11.6 Å². The number of hydrogen-bond acceptors (Lipinski definition) is 0. The van der Waals surface area contributed by atoms with Crippen LogP contribution in [0.15, 0.2) is 41.5 Å². The van der Waals surface area contributed by atoms with Crippen LogP contribution in [0, 0.1) is 0 Å². The molecule has 1 aromatic rings. The molecule has 0 bridgehead atoms. The van der Waals surface area contributed by atoms with E-state index in [4.69, 9.17) is 11.6 Å². The lowest BCUT2D eigenvalue weighted by molar-refractivity contribution is 0.626. The molecule has 0 N–H and O–H groups in total. The molecule has 98 valence electrons. The second kappa shape index (κ2) is 6.99. The van der Waals surface area contributed by atoms with Gasteiger partial charge < -0.3 is 0 Å². The van der Waals surface area contributed by atoms with E-state index in [1.165, 1.54) is 31.2 Å². The summed E-state index contributed by atoms with van der Waals surface area (Å²) in [5.74, 6) is 0. The molecule has 1 aliphatic rings. The monoisotopic (exact) mass is 262 g/mol. The zero-order valence-corrected chi connectivity index (χ0v) is 12.0. The molecule has 0 aromatic heterocycles. The maximum atomic E-state index is 6.50. The van der Waals surface area contributed by atoms with Crippen molar-refractivity contribution in [3.8, 4) is 0 Å². The minimum absolute atomic E-state index is 0.299. The van der Waals surface area contributed by atoms with Gasteiger partial charge in [0.15, 0.2) is 0 Å². The molecule has 0 amide bonds. The normalized spacial score (nSPS) is 17.9. The van der Waals surface area contributed by atoms with E-state index in [-0.39, 0.29) is 0 Å². The smallest absolute Gasteiger partial charge is 0.0376 e. The number of aryl methyl sites for hydroxylation is 1. The molecule has 18 heavy (non-hydrogen) atoms. The number of alkyl halides is 1. The zero-order chi connectivity index (χ0) is 12.8. The fourth-order valence-corrected chi connectivity index (χ4v) is 3.03. The van der Waals surface area contributed by atoms with Gasteiger partial charge in [-0.05, 0) is 57.4 Å². The summed E-state index contributed by atoms with van der Waals surface area (Å²) < 4.78 is 0. The minimum Gasteiger partial charge on any atom is -0.123 e. The Kier molecular flexibility index (Phi) is 5.31. The number of rotatable bonds is 5. The Bertz CT molecular complexity index is 391. The van der Waals surface area contributed by atoms with E-state index in [1.54, 1.807) is 11.1 Å². The van der Waals surface area contributed by atoms with Gasteiger partial charge in [0, 0.05) is 5.38 Å². The quantitative estimate of drug-likeness (QED) is 0.485. The summed E-state index contributed by atoms with van der Waals surface area (Å²) in [6.07, 6.45) is 8.57. The highest BCUT2D eigenvalue weighted by Crippen LogP contribution is 2.29. The van der Waals surface area contributed by atoms with Gasteiger partial charge in [-0.1, -0.05) is 41.5 Å². The van der Waals surface area contributed by atoms with Crippen LogP contribution in [0.25, 0.3) is 0 Å². The molecule has 0 aliphatic heterocycles. The molecule has 2 rings (SSSR count). The lowest BCUT2D eigenvalue weighted by Gasteiger charge is -2.20. The van der Waals surface area contributed by atoms with Crippen LogP contribution in [0.4, 0.5) is 0 Å². The van der Waals surface area contributed by atoms with Crippen LogP contribution < -0.4 is 0 Å². The van der Waals surface area contributed by atoms with Crippen LogP contribution in [0.3, 0.4) is 0 Å². The first-order valence-electron chi connectivity index (χ1n) is 7.11. The van der Waals surface area contributed by atoms with Gasteiger partial charge in [-0.3, -0.25) is 0 Å². The van der Waals surface area contributed by atoms with E-state index in [0.29, 0.717) is 5.38 Å². The largest absolute Gasteiger partial charge is 0.123 e. The van der Waals surface area contributed by atoms with E-state index >= 15 is 0 Å². The first kappa shape index (κ1) is 13.7. The summed E-state index contributed by atoms with van der Waals surface area (Å²) in [6.45, 7) is 2.29. The van der Waals surface area contributed by atoms with Crippen molar-refractivity contribution < 1.29 is 0 Å². The number of hydrogen-bond donors (Lipinski definition) is 0. The molecule has 0 spiro atoms. The van der Waals surface area contributed by atoms with Crippen LogP contribution in [0.1, 0.15) is 51.0 Å². The fraction of sp³-hybridized carbons (Fsp3) is 0.529. The summed E-state index contributed by atoms with van der Waals surface area (Å²) in [6, 6.07) is 10.7. The minimum atomic E-state index is 0.299. The predicted molar refractivity (Wildman–Crippen MR) is 80.2 cm³/mol. The Morgan fingerprint density at radius 1 is 1.11 bits per heavy atom. The summed E-state index contributed by atoms with van der Waals surface area (Å²) >= 11 is 6.50. The Morgan fingerprint density at radius 2 is 1.83 bits per heavy atom. The lowest BCUT2D eigenvalue weighted by Crippen LogP contribution is -2.06. The lowest BCUT2D eigenvalue weighted by atomic mass is 9.89. The first-order valence-corrected chi connectivity index (χ1v) is 7.55. The maximum absolute atomic E-state index is 6.50. The summed E-state index contributed by atoms with van der Waals surface area (Å²) in [7, 11) is 0. The third-order valence-corrected chi connectivity index (χ3v) is 4.31. The second-order valence-corrected chi connectivity index (χ2v) is 6.03. The van der Waals surface area contributed by atoms with Crippen LogP contribution in [-0.4, -0.2) is 5.38 Å². The molecule has 0 saturated carbocycles. The molecule has 0 nitrogen and oxygen atoms in total. The van der Waals surface area contributed by atoms with Gasteiger partial charge >= 0.3 is 0 Å².